The van der Waals surface area contributed by atoms with Gasteiger partial charge in [0.2, 0.25) is 0 Å². The minimum absolute atomic E-state index is 0.0373. The van der Waals surface area contributed by atoms with E-state index >= 15 is 0 Å². The van der Waals surface area contributed by atoms with Crippen LogP contribution in [0.1, 0.15) is 89.5 Å². The molecule has 1 aromatic rings. The van der Waals surface area contributed by atoms with Crippen molar-refractivity contribution in [3.05, 3.63) is 34.4 Å². The van der Waals surface area contributed by atoms with Gasteiger partial charge in [-0.2, -0.15) is 0 Å². The van der Waals surface area contributed by atoms with Crippen molar-refractivity contribution < 1.29 is 19.1 Å². The molecule has 2 aliphatic heterocycles. The topological polar surface area (TPSA) is 86.5 Å². The average Bonchev–Trinajstić information content (AvgIpc) is 3.24. The minimum Gasteiger partial charge on any atom is -0.465 e. The highest BCUT2D eigenvalue weighted by Gasteiger charge is 2.80. The first-order chi connectivity index (χ1) is 18.3. The molecule has 0 aromatic carbocycles. The first-order valence-corrected chi connectivity index (χ1v) is 15.2. The van der Waals surface area contributed by atoms with Crippen LogP contribution in [0.2, 0.25) is 0 Å². The number of ether oxygens (including phenoxy) is 1. The lowest BCUT2D eigenvalue weighted by molar-refractivity contribution is -0.133. The molecule has 208 valence electrons. The number of epoxide rings is 1. The Balaban J connectivity index is 1.08. The summed E-state index contributed by atoms with van der Waals surface area (Å²) in [5.74, 6) is 2.20. The summed E-state index contributed by atoms with van der Waals surface area (Å²) >= 11 is 0. The summed E-state index contributed by atoms with van der Waals surface area (Å²) in [6.45, 7) is 8.74. The molecule has 9 atom stereocenters. The van der Waals surface area contributed by atoms with E-state index in [1.165, 1.54) is 32.1 Å². The molecule has 6 fully saturated rings. The van der Waals surface area contributed by atoms with Crippen LogP contribution in [0.25, 0.3) is 0 Å². The van der Waals surface area contributed by atoms with Crippen molar-refractivity contribution in [3.63, 3.8) is 0 Å². The van der Waals surface area contributed by atoms with E-state index in [0.29, 0.717) is 36.3 Å². The highest BCUT2D eigenvalue weighted by molar-refractivity contribution is 5.65. The first kappa shape index (κ1) is 25.1. The van der Waals surface area contributed by atoms with E-state index < -0.39 is 6.09 Å². The number of likely N-dealkylation sites (tertiary alicyclic amines) is 1. The van der Waals surface area contributed by atoms with Gasteiger partial charge >= 0.3 is 11.7 Å². The highest BCUT2D eigenvalue weighted by atomic mass is 16.6. The second-order valence-corrected chi connectivity index (χ2v) is 14.0. The third kappa shape index (κ3) is 3.52. The Hall–Kier alpha value is -1.86. The van der Waals surface area contributed by atoms with Crippen LogP contribution in [0.4, 0.5) is 4.79 Å². The van der Waals surface area contributed by atoms with Gasteiger partial charge in [0.05, 0.1) is 12.4 Å². The molecule has 4 saturated carbocycles. The van der Waals surface area contributed by atoms with Crippen molar-refractivity contribution in [2.75, 3.05) is 26.2 Å². The van der Waals surface area contributed by atoms with Crippen molar-refractivity contribution in [1.29, 1.82) is 0 Å². The van der Waals surface area contributed by atoms with Crippen LogP contribution < -0.4 is 5.63 Å². The summed E-state index contributed by atoms with van der Waals surface area (Å²) in [6.07, 6.45) is 12.7. The van der Waals surface area contributed by atoms with Crippen LogP contribution in [0.5, 0.6) is 0 Å². The SMILES string of the molecule is C[C@]12CC[C@H](N(CCN3CCCC3)C(=O)O)C[C@H]1CC[C@@H]1[C@@H]2CC[C@]2(C)[C@@H](c3ccc(=O)oc3)C[C@H]3O[C@]132. The number of nitrogens with zero attached hydrogens (tertiary/aromatic N) is 2. The zero-order valence-electron chi connectivity index (χ0n) is 23.1. The van der Waals surface area contributed by atoms with Gasteiger partial charge in [-0.25, -0.2) is 9.59 Å². The Kier molecular flexibility index (Phi) is 5.83. The summed E-state index contributed by atoms with van der Waals surface area (Å²) in [4.78, 5) is 28.1. The predicted molar refractivity (Wildman–Crippen MR) is 143 cm³/mol. The van der Waals surface area contributed by atoms with Crippen molar-refractivity contribution in [3.8, 4) is 0 Å². The van der Waals surface area contributed by atoms with Gasteiger partial charge in [0, 0.05) is 30.6 Å². The molecule has 4 aliphatic carbocycles. The Bertz CT molecular complexity index is 1130. The molecular formula is C31H44N2O5. The van der Waals surface area contributed by atoms with Crippen LogP contribution in [0, 0.1) is 28.6 Å². The van der Waals surface area contributed by atoms with Crippen LogP contribution in [0.15, 0.2) is 27.6 Å². The van der Waals surface area contributed by atoms with Gasteiger partial charge in [0.1, 0.15) is 5.60 Å². The van der Waals surface area contributed by atoms with E-state index in [4.69, 9.17) is 9.15 Å². The third-order valence-corrected chi connectivity index (χ3v) is 12.7. The number of carbonyl (C=O) groups is 1. The zero-order valence-corrected chi connectivity index (χ0v) is 23.1. The van der Waals surface area contributed by atoms with Crippen LogP contribution in [0.3, 0.4) is 0 Å². The van der Waals surface area contributed by atoms with Crippen LogP contribution in [-0.2, 0) is 4.74 Å². The number of carboxylic acid groups (broad SMARTS) is 1. The third-order valence-electron chi connectivity index (χ3n) is 12.7. The summed E-state index contributed by atoms with van der Waals surface area (Å²) < 4.78 is 12.0. The lowest BCUT2D eigenvalue weighted by atomic mass is 9.44. The molecule has 7 heteroatoms. The lowest BCUT2D eigenvalue weighted by Crippen LogP contribution is -2.59. The lowest BCUT2D eigenvalue weighted by Gasteiger charge is -2.61. The molecule has 0 bridgehead atoms. The van der Waals surface area contributed by atoms with E-state index in [9.17, 15) is 14.7 Å². The van der Waals surface area contributed by atoms with E-state index in [2.05, 4.69) is 18.7 Å². The molecule has 7 rings (SSSR count). The maximum atomic E-state index is 12.3. The normalized spacial score (nSPS) is 45.5. The van der Waals surface area contributed by atoms with E-state index in [-0.39, 0.29) is 28.1 Å². The molecule has 1 spiro atoms. The van der Waals surface area contributed by atoms with Crippen molar-refractivity contribution in [2.45, 2.75) is 102 Å². The largest absolute Gasteiger partial charge is 0.465 e. The number of hydrogen-bond acceptors (Lipinski definition) is 5. The van der Waals surface area contributed by atoms with Crippen LogP contribution in [-0.4, -0.2) is 64.9 Å². The fourth-order valence-electron chi connectivity index (χ4n) is 10.7. The van der Waals surface area contributed by atoms with Gasteiger partial charge in [-0.1, -0.05) is 13.8 Å². The predicted octanol–water partition coefficient (Wildman–Crippen LogP) is 5.34. The Morgan fingerprint density at radius 2 is 1.89 bits per heavy atom. The second-order valence-electron chi connectivity index (χ2n) is 14.0. The van der Waals surface area contributed by atoms with Gasteiger partial charge in [0.25, 0.3) is 0 Å². The van der Waals surface area contributed by atoms with Gasteiger partial charge in [-0.3, -0.25) is 0 Å². The Morgan fingerprint density at radius 1 is 1.08 bits per heavy atom. The summed E-state index contributed by atoms with van der Waals surface area (Å²) in [6, 6.07) is 3.70. The Labute approximate surface area is 225 Å². The molecule has 1 N–H and O–H groups in total. The first-order valence-electron chi connectivity index (χ1n) is 15.2. The molecule has 0 unspecified atom stereocenters. The maximum absolute atomic E-state index is 12.3. The monoisotopic (exact) mass is 524 g/mol. The number of rotatable bonds is 5. The average molecular weight is 525 g/mol. The summed E-state index contributed by atoms with van der Waals surface area (Å²) in [5.41, 5.74) is 1.18. The summed E-state index contributed by atoms with van der Waals surface area (Å²) in [7, 11) is 0. The number of amides is 1. The molecular weight excluding hydrogens is 480 g/mol. The zero-order chi connectivity index (χ0) is 26.3. The highest BCUT2D eigenvalue weighted by Crippen LogP contribution is 2.78. The molecule has 1 aromatic heterocycles. The standard InChI is InChI=1S/C31H44N2O5/c1-29-11-9-22(33(28(35)36)16-15-32-13-3-4-14-32)17-21(29)6-7-24-23(29)10-12-30(2)25(18-26-31(24,30)38-26)20-5-8-27(34)37-19-20/h5,8,19,21-26H,3-4,6-7,9-18H2,1-2H3,(H,35,36)/t21-,22+,23+,24-,25-,26-,29+,30-,31-/m1/s1. The van der Waals surface area contributed by atoms with Crippen molar-refractivity contribution >= 4 is 6.09 Å². The molecule has 6 aliphatic rings. The molecule has 3 heterocycles. The molecule has 0 radical (unpaired) electrons. The summed E-state index contributed by atoms with van der Waals surface area (Å²) in [5, 5.41) is 10.1. The molecule has 7 nitrogen and oxygen atoms in total. The molecule has 1 amide bonds. The molecule has 38 heavy (non-hydrogen) atoms. The maximum Gasteiger partial charge on any atom is 0.407 e. The van der Waals surface area contributed by atoms with Crippen LogP contribution >= 0.6 is 0 Å². The van der Waals surface area contributed by atoms with Gasteiger partial charge in [0.15, 0.2) is 0 Å². The van der Waals surface area contributed by atoms with Crippen molar-refractivity contribution in [1.82, 2.24) is 9.80 Å². The van der Waals surface area contributed by atoms with Crippen molar-refractivity contribution in [2.24, 2.45) is 28.6 Å². The fraction of sp³-hybridized carbons (Fsp3) is 0.806. The Morgan fingerprint density at radius 3 is 2.63 bits per heavy atom. The smallest absolute Gasteiger partial charge is 0.407 e. The number of hydrogen-bond donors (Lipinski definition) is 1. The van der Waals surface area contributed by atoms with Gasteiger partial charge < -0.3 is 24.1 Å². The number of fused-ring (bicyclic) bond motifs is 3. The minimum atomic E-state index is -0.734. The van der Waals surface area contributed by atoms with Gasteiger partial charge in [-0.15, -0.1) is 0 Å². The quantitative estimate of drug-likeness (QED) is 0.523. The van der Waals surface area contributed by atoms with Gasteiger partial charge in [-0.05, 0) is 118 Å². The molecule has 2 saturated heterocycles. The van der Waals surface area contributed by atoms with E-state index in [1.807, 2.05) is 6.07 Å². The van der Waals surface area contributed by atoms with E-state index in [1.54, 1.807) is 17.2 Å². The van der Waals surface area contributed by atoms with E-state index in [0.717, 1.165) is 57.3 Å². The fourth-order valence-corrected chi connectivity index (χ4v) is 10.7. The second kappa shape index (κ2) is 8.82.